The van der Waals surface area contributed by atoms with Crippen molar-refractivity contribution < 1.29 is 9.53 Å². The molecule has 0 atom stereocenters. The molecule has 0 aliphatic heterocycles. The number of carbonyl (C=O) groups is 1. The average molecular weight is 228 g/mol. The maximum absolute atomic E-state index is 11.4. The second-order valence-electron chi connectivity index (χ2n) is 2.99. The molecule has 0 saturated carbocycles. The molecule has 1 rings (SSSR count). The van der Waals surface area contributed by atoms with Crippen molar-refractivity contribution in [3.05, 3.63) is 24.3 Å². The Hall–Kier alpha value is -1.22. The third-order valence-electron chi connectivity index (χ3n) is 2.01. The maximum Gasteiger partial charge on any atom is 0.241 e. The number of amides is 1. The summed E-state index contributed by atoms with van der Waals surface area (Å²) in [5, 5.41) is 0. The summed E-state index contributed by atoms with van der Waals surface area (Å²) in [6.45, 7) is 2.47. The van der Waals surface area contributed by atoms with Gasteiger partial charge >= 0.3 is 0 Å². The van der Waals surface area contributed by atoms with Crippen LogP contribution in [0.1, 0.15) is 6.92 Å². The molecule has 0 fully saturated rings. The minimum Gasteiger partial charge on any atom is -0.492 e. The quantitative estimate of drug-likeness (QED) is 0.739. The molecule has 0 saturated heterocycles. The molecule has 1 amide bonds. The van der Waals surface area contributed by atoms with Gasteiger partial charge in [0.05, 0.1) is 12.3 Å². The fourth-order valence-electron chi connectivity index (χ4n) is 1.24. The van der Waals surface area contributed by atoms with Crippen LogP contribution in [0.4, 0.5) is 5.69 Å². The number of carbonyl (C=O) groups excluding carboxylic acids is 1. The Morgan fingerprint density at radius 3 is 2.73 bits per heavy atom. The normalized spacial score (nSPS) is 9.80. The SMILES string of the molecule is CCOc1ccccc1N(C)C(=O)CCl. The summed E-state index contributed by atoms with van der Waals surface area (Å²) in [7, 11) is 1.68. The van der Waals surface area contributed by atoms with Gasteiger partial charge in [-0.15, -0.1) is 11.6 Å². The molecule has 0 heterocycles. The number of benzene rings is 1. The lowest BCUT2D eigenvalue weighted by molar-refractivity contribution is -0.116. The molecule has 1 aromatic rings. The van der Waals surface area contributed by atoms with Gasteiger partial charge in [0, 0.05) is 7.05 Å². The van der Waals surface area contributed by atoms with E-state index in [1.165, 1.54) is 4.90 Å². The van der Waals surface area contributed by atoms with Crippen molar-refractivity contribution >= 4 is 23.2 Å². The fraction of sp³-hybridized carbons (Fsp3) is 0.364. The Morgan fingerprint density at radius 1 is 1.47 bits per heavy atom. The second-order valence-corrected chi connectivity index (χ2v) is 3.25. The lowest BCUT2D eigenvalue weighted by Gasteiger charge is -2.19. The minimum absolute atomic E-state index is 0.0308. The average Bonchev–Trinajstić information content (AvgIpc) is 2.28. The third kappa shape index (κ3) is 2.86. The van der Waals surface area contributed by atoms with Crippen molar-refractivity contribution in [1.29, 1.82) is 0 Å². The summed E-state index contributed by atoms with van der Waals surface area (Å²) in [5.41, 5.74) is 0.741. The van der Waals surface area contributed by atoms with Crippen molar-refractivity contribution in [2.24, 2.45) is 0 Å². The van der Waals surface area contributed by atoms with Gasteiger partial charge in [0.15, 0.2) is 0 Å². The maximum atomic E-state index is 11.4. The lowest BCUT2D eigenvalue weighted by Crippen LogP contribution is -2.27. The van der Waals surface area contributed by atoms with Gasteiger partial charge in [-0.2, -0.15) is 0 Å². The Labute approximate surface area is 94.6 Å². The van der Waals surface area contributed by atoms with Gasteiger partial charge in [-0.1, -0.05) is 12.1 Å². The molecular formula is C11H14ClNO2. The van der Waals surface area contributed by atoms with Gasteiger partial charge in [0.1, 0.15) is 11.6 Å². The molecule has 0 aromatic heterocycles. The summed E-state index contributed by atoms with van der Waals surface area (Å²) >= 11 is 5.49. The van der Waals surface area contributed by atoms with Gasteiger partial charge < -0.3 is 9.64 Å². The molecule has 15 heavy (non-hydrogen) atoms. The number of para-hydroxylation sites is 2. The monoisotopic (exact) mass is 227 g/mol. The number of rotatable bonds is 4. The first-order valence-corrected chi connectivity index (χ1v) is 5.28. The van der Waals surface area contributed by atoms with Gasteiger partial charge in [0.25, 0.3) is 0 Å². The highest BCUT2D eigenvalue weighted by atomic mass is 35.5. The molecule has 0 radical (unpaired) electrons. The van der Waals surface area contributed by atoms with E-state index in [0.717, 1.165) is 5.69 Å². The van der Waals surface area contributed by atoms with E-state index in [0.29, 0.717) is 12.4 Å². The summed E-state index contributed by atoms with van der Waals surface area (Å²) in [6, 6.07) is 7.38. The predicted octanol–water partition coefficient (Wildman–Crippen LogP) is 2.29. The molecule has 0 aliphatic rings. The van der Waals surface area contributed by atoms with Gasteiger partial charge in [0.2, 0.25) is 5.91 Å². The summed E-state index contributed by atoms with van der Waals surface area (Å²) in [5.74, 6) is 0.515. The highest BCUT2D eigenvalue weighted by Crippen LogP contribution is 2.27. The lowest BCUT2D eigenvalue weighted by atomic mass is 10.2. The van der Waals surface area contributed by atoms with Crippen LogP contribution in [0, 0.1) is 0 Å². The zero-order valence-electron chi connectivity index (χ0n) is 8.87. The van der Waals surface area contributed by atoms with Crippen molar-refractivity contribution in [2.45, 2.75) is 6.92 Å². The van der Waals surface area contributed by atoms with Gasteiger partial charge in [-0.05, 0) is 19.1 Å². The zero-order chi connectivity index (χ0) is 11.3. The van der Waals surface area contributed by atoms with E-state index in [-0.39, 0.29) is 11.8 Å². The number of nitrogens with zero attached hydrogens (tertiary/aromatic N) is 1. The van der Waals surface area contributed by atoms with Crippen LogP contribution in [-0.2, 0) is 4.79 Å². The highest BCUT2D eigenvalue weighted by Gasteiger charge is 2.13. The summed E-state index contributed by atoms with van der Waals surface area (Å²) < 4.78 is 5.42. The first kappa shape index (κ1) is 11.9. The van der Waals surface area contributed by atoms with E-state index >= 15 is 0 Å². The van der Waals surface area contributed by atoms with E-state index in [9.17, 15) is 4.79 Å². The molecule has 0 aliphatic carbocycles. The molecule has 3 nitrogen and oxygen atoms in total. The number of ether oxygens (including phenoxy) is 1. The number of halogens is 1. The second kappa shape index (κ2) is 5.61. The van der Waals surface area contributed by atoms with E-state index in [4.69, 9.17) is 16.3 Å². The van der Waals surface area contributed by atoms with Crippen molar-refractivity contribution in [2.75, 3.05) is 24.4 Å². The molecule has 82 valence electrons. The van der Waals surface area contributed by atoms with E-state index < -0.39 is 0 Å². The minimum atomic E-state index is -0.149. The number of alkyl halides is 1. The van der Waals surface area contributed by atoms with Crippen LogP contribution >= 0.6 is 11.6 Å². The van der Waals surface area contributed by atoms with E-state index in [1.54, 1.807) is 7.05 Å². The van der Waals surface area contributed by atoms with Crippen molar-refractivity contribution in [3.8, 4) is 5.75 Å². The molecule has 0 spiro atoms. The third-order valence-corrected chi connectivity index (χ3v) is 2.24. The van der Waals surface area contributed by atoms with Gasteiger partial charge in [-0.3, -0.25) is 4.79 Å². The fourth-order valence-corrected chi connectivity index (χ4v) is 1.42. The van der Waals surface area contributed by atoms with E-state index in [2.05, 4.69) is 0 Å². The smallest absolute Gasteiger partial charge is 0.241 e. The van der Waals surface area contributed by atoms with Crippen molar-refractivity contribution in [1.82, 2.24) is 0 Å². The number of anilines is 1. The van der Waals surface area contributed by atoms with Crippen molar-refractivity contribution in [3.63, 3.8) is 0 Å². The first-order chi connectivity index (χ1) is 7.20. The Morgan fingerprint density at radius 2 is 2.13 bits per heavy atom. The summed E-state index contributed by atoms with van der Waals surface area (Å²) in [4.78, 5) is 12.9. The molecule has 0 N–H and O–H groups in total. The molecule has 4 heteroatoms. The first-order valence-electron chi connectivity index (χ1n) is 4.75. The van der Waals surface area contributed by atoms with Crippen LogP contribution in [0.5, 0.6) is 5.75 Å². The summed E-state index contributed by atoms with van der Waals surface area (Å²) in [6.07, 6.45) is 0. The number of hydrogen-bond acceptors (Lipinski definition) is 2. The van der Waals surface area contributed by atoms with Crippen LogP contribution in [0.2, 0.25) is 0 Å². The van der Waals surface area contributed by atoms with E-state index in [1.807, 2.05) is 31.2 Å². The Kier molecular flexibility index (Phi) is 4.43. The zero-order valence-corrected chi connectivity index (χ0v) is 9.62. The van der Waals surface area contributed by atoms with Crippen LogP contribution in [0.3, 0.4) is 0 Å². The largest absolute Gasteiger partial charge is 0.492 e. The standard InChI is InChI=1S/C11H14ClNO2/c1-3-15-10-7-5-4-6-9(10)13(2)11(14)8-12/h4-7H,3,8H2,1-2H3. The number of hydrogen-bond donors (Lipinski definition) is 0. The molecule has 1 aromatic carbocycles. The topological polar surface area (TPSA) is 29.5 Å². The van der Waals surface area contributed by atoms with Crippen LogP contribution in [-0.4, -0.2) is 25.4 Å². The Balaban J connectivity index is 2.96. The molecule has 0 bridgehead atoms. The van der Waals surface area contributed by atoms with Crippen LogP contribution < -0.4 is 9.64 Å². The Bertz CT molecular complexity index is 341. The molecule has 0 unspecified atom stereocenters. The van der Waals surface area contributed by atoms with Gasteiger partial charge in [-0.25, -0.2) is 0 Å². The van der Waals surface area contributed by atoms with Crippen LogP contribution in [0.15, 0.2) is 24.3 Å². The predicted molar refractivity (Wildman–Crippen MR) is 61.7 cm³/mol. The van der Waals surface area contributed by atoms with Crippen LogP contribution in [0.25, 0.3) is 0 Å². The molecular weight excluding hydrogens is 214 g/mol. The highest BCUT2D eigenvalue weighted by molar-refractivity contribution is 6.29.